The molecule has 0 radical (unpaired) electrons. The summed E-state index contributed by atoms with van der Waals surface area (Å²) in [5.41, 5.74) is 0.608. The molecule has 3 nitrogen and oxygen atoms in total. The standard InChI is InChI=1S/C16H28N2O/c1-4-16(5-2)8-10-18(11-9-16)13-15-7-6-14(19-15)12-17-3/h6-7,17H,4-5,8-13H2,1-3H3. The van der Waals surface area contributed by atoms with E-state index >= 15 is 0 Å². The van der Waals surface area contributed by atoms with Crippen molar-refractivity contribution in [2.45, 2.75) is 52.6 Å². The zero-order valence-corrected chi connectivity index (χ0v) is 12.7. The molecule has 2 rings (SSSR count). The van der Waals surface area contributed by atoms with Gasteiger partial charge >= 0.3 is 0 Å². The van der Waals surface area contributed by atoms with E-state index in [2.05, 4.69) is 36.2 Å². The molecule has 1 saturated heterocycles. The van der Waals surface area contributed by atoms with Gasteiger partial charge in [-0.15, -0.1) is 0 Å². The third-order valence-corrected chi connectivity index (χ3v) is 4.86. The van der Waals surface area contributed by atoms with Crippen LogP contribution in [0, 0.1) is 5.41 Å². The Bertz CT molecular complexity index is 372. The van der Waals surface area contributed by atoms with Crippen LogP contribution in [-0.2, 0) is 13.1 Å². The van der Waals surface area contributed by atoms with Gasteiger partial charge in [0, 0.05) is 0 Å². The van der Waals surface area contributed by atoms with E-state index in [1.54, 1.807) is 0 Å². The number of nitrogens with one attached hydrogen (secondary N) is 1. The number of piperidine rings is 1. The zero-order valence-electron chi connectivity index (χ0n) is 12.7. The van der Waals surface area contributed by atoms with Gasteiger partial charge in [-0.05, 0) is 50.5 Å². The molecule has 3 heteroatoms. The molecule has 1 aromatic rings. The Morgan fingerprint density at radius 2 is 1.79 bits per heavy atom. The van der Waals surface area contributed by atoms with Crippen LogP contribution in [0.25, 0.3) is 0 Å². The second kappa shape index (κ2) is 6.58. The summed E-state index contributed by atoms with van der Waals surface area (Å²) in [6.07, 6.45) is 5.32. The van der Waals surface area contributed by atoms with Crippen molar-refractivity contribution in [3.05, 3.63) is 23.7 Å². The Hall–Kier alpha value is -0.800. The molecule has 108 valence electrons. The second-order valence-corrected chi connectivity index (χ2v) is 5.88. The summed E-state index contributed by atoms with van der Waals surface area (Å²) in [6.45, 7) is 8.89. The molecule has 0 amide bonds. The van der Waals surface area contributed by atoms with Crippen LogP contribution in [-0.4, -0.2) is 25.0 Å². The van der Waals surface area contributed by atoms with Crippen molar-refractivity contribution in [3.8, 4) is 0 Å². The predicted octanol–water partition coefficient (Wildman–Crippen LogP) is 3.40. The van der Waals surface area contributed by atoms with Crippen LogP contribution in [0.3, 0.4) is 0 Å². The third-order valence-electron chi connectivity index (χ3n) is 4.86. The van der Waals surface area contributed by atoms with Gasteiger partial charge in [0.2, 0.25) is 0 Å². The number of likely N-dealkylation sites (tertiary alicyclic amines) is 1. The van der Waals surface area contributed by atoms with Gasteiger partial charge in [0.15, 0.2) is 0 Å². The minimum atomic E-state index is 0.608. The summed E-state index contributed by atoms with van der Waals surface area (Å²) in [4.78, 5) is 2.53. The summed E-state index contributed by atoms with van der Waals surface area (Å²) in [5, 5.41) is 3.12. The molecule has 0 saturated carbocycles. The van der Waals surface area contributed by atoms with Crippen molar-refractivity contribution in [2.75, 3.05) is 20.1 Å². The van der Waals surface area contributed by atoms with Crippen LogP contribution < -0.4 is 5.32 Å². The molecule has 1 aliphatic heterocycles. The lowest BCUT2D eigenvalue weighted by atomic mass is 9.74. The van der Waals surface area contributed by atoms with Gasteiger partial charge in [-0.25, -0.2) is 0 Å². The fourth-order valence-corrected chi connectivity index (χ4v) is 3.14. The first-order valence-corrected chi connectivity index (χ1v) is 7.66. The molecule has 19 heavy (non-hydrogen) atoms. The first-order valence-electron chi connectivity index (χ1n) is 7.66. The highest BCUT2D eigenvalue weighted by Crippen LogP contribution is 2.38. The molecule has 1 fully saturated rings. The molecule has 0 spiro atoms. The number of hydrogen-bond donors (Lipinski definition) is 1. The first-order chi connectivity index (χ1) is 9.21. The van der Waals surface area contributed by atoms with Crippen LogP contribution in [0.5, 0.6) is 0 Å². The SMILES string of the molecule is CCC1(CC)CCN(Cc2ccc(CNC)o2)CC1. The smallest absolute Gasteiger partial charge is 0.118 e. The Balaban J connectivity index is 1.84. The fraction of sp³-hybridized carbons (Fsp3) is 0.750. The molecular weight excluding hydrogens is 236 g/mol. The minimum Gasteiger partial charge on any atom is -0.463 e. The van der Waals surface area contributed by atoms with E-state index in [1.807, 2.05) is 7.05 Å². The maximum Gasteiger partial charge on any atom is 0.118 e. The molecule has 0 bridgehead atoms. The molecule has 1 N–H and O–H groups in total. The quantitative estimate of drug-likeness (QED) is 0.853. The van der Waals surface area contributed by atoms with Crippen molar-refractivity contribution in [2.24, 2.45) is 5.41 Å². The lowest BCUT2D eigenvalue weighted by Crippen LogP contribution is -2.39. The first kappa shape index (κ1) is 14.6. The Kier molecular flexibility index (Phi) is 5.06. The maximum atomic E-state index is 5.83. The lowest BCUT2D eigenvalue weighted by molar-refractivity contribution is 0.0860. The van der Waals surface area contributed by atoms with Gasteiger partial charge in [0.25, 0.3) is 0 Å². The Morgan fingerprint density at radius 1 is 1.16 bits per heavy atom. The van der Waals surface area contributed by atoms with E-state index in [9.17, 15) is 0 Å². The largest absolute Gasteiger partial charge is 0.463 e. The van der Waals surface area contributed by atoms with Crippen molar-refractivity contribution >= 4 is 0 Å². The molecule has 1 aliphatic rings. The lowest BCUT2D eigenvalue weighted by Gasteiger charge is -2.40. The number of hydrogen-bond acceptors (Lipinski definition) is 3. The number of nitrogens with zero attached hydrogens (tertiary/aromatic N) is 1. The highest BCUT2D eigenvalue weighted by atomic mass is 16.3. The van der Waals surface area contributed by atoms with Crippen LogP contribution >= 0.6 is 0 Å². The summed E-state index contributed by atoms with van der Waals surface area (Å²) in [5.74, 6) is 2.14. The average molecular weight is 264 g/mol. The third kappa shape index (κ3) is 3.61. The Labute approximate surface area is 117 Å². The number of rotatable bonds is 6. The van der Waals surface area contributed by atoms with Gasteiger partial charge in [-0.3, -0.25) is 4.90 Å². The van der Waals surface area contributed by atoms with Crippen LogP contribution in [0.2, 0.25) is 0 Å². The van der Waals surface area contributed by atoms with E-state index in [-0.39, 0.29) is 0 Å². The fourth-order valence-electron chi connectivity index (χ4n) is 3.14. The van der Waals surface area contributed by atoms with Crippen LogP contribution in [0.4, 0.5) is 0 Å². The summed E-state index contributed by atoms with van der Waals surface area (Å²) in [7, 11) is 1.95. The molecular formula is C16H28N2O. The molecule has 0 unspecified atom stereocenters. The Morgan fingerprint density at radius 3 is 2.37 bits per heavy atom. The van der Waals surface area contributed by atoms with E-state index in [0.717, 1.165) is 24.6 Å². The van der Waals surface area contributed by atoms with Crippen molar-refractivity contribution in [1.29, 1.82) is 0 Å². The molecule has 0 aromatic carbocycles. The topological polar surface area (TPSA) is 28.4 Å². The molecule has 2 heterocycles. The monoisotopic (exact) mass is 264 g/mol. The highest BCUT2D eigenvalue weighted by molar-refractivity contribution is 5.07. The maximum absolute atomic E-state index is 5.83. The molecule has 0 aliphatic carbocycles. The summed E-state index contributed by atoms with van der Waals surface area (Å²) < 4.78 is 5.83. The predicted molar refractivity (Wildman–Crippen MR) is 79.0 cm³/mol. The van der Waals surface area contributed by atoms with Gasteiger partial charge in [0.1, 0.15) is 11.5 Å². The molecule has 0 atom stereocenters. The van der Waals surface area contributed by atoms with E-state index in [4.69, 9.17) is 4.42 Å². The van der Waals surface area contributed by atoms with Gasteiger partial charge in [-0.1, -0.05) is 26.7 Å². The van der Waals surface area contributed by atoms with Crippen molar-refractivity contribution < 1.29 is 4.42 Å². The van der Waals surface area contributed by atoms with Crippen LogP contribution in [0.1, 0.15) is 51.1 Å². The van der Waals surface area contributed by atoms with E-state index in [1.165, 1.54) is 38.8 Å². The minimum absolute atomic E-state index is 0.608. The number of furan rings is 1. The zero-order chi connectivity index (χ0) is 13.7. The highest BCUT2D eigenvalue weighted by Gasteiger charge is 2.31. The second-order valence-electron chi connectivity index (χ2n) is 5.88. The van der Waals surface area contributed by atoms with Gasteiger partial charge in [0.05, 0.1) is 13.1 Å². The molecule has 1 aromatic heterocycles. The van der Waals surface area contributed by atoms with Gasteiger partial charge in [-0.2, -0.15) is 0 Å². The van der Waals surface area contributed by atoms with E-state index < -0.39 is 0 Å². The summed E-state index contributed by atoms with van der Waals surface area (Å²) >= 11 is 0. The van der Waals surface area contributed by atoms with Crippen molar-refractivity contribution in [3.63, 3.8) is 0 Å². The average Bonchev–Trinajstić information content (AvgIpc) is 2.88. The van der Waals surface area contributed by atoms with E-state index in [0.29, 0.717) is 5.41 Å². The van der Waals surface area contributed by atoms with Crippen LogP contribution in [0.15, 0.2) is 16.5 Å². The van der Waals surface area contributed by atoms with Gasteiger partial charge < -0.3 is 9.73 Å². The van der Waals surface area contributed by atoms with Crippen molar-refractivity contribution in [1.82, 2.24) is 10.2 Å². The normalized spacial score (nSPS) is 19.7. The summed E-state index contributed by atoms with van der Waals surface area (Å²) in [6, 6.07) is 4.20.